The van der Waals surface area contributed by atoms with Crippen molar-refractivity contribution in [3.05, 3.63) is 28.8 Å². The summed E-state index contributed by atoms with van der Waals surface area (Å²) in [5.41, 5.74) is 1.09. The largest absolute Gasteiger partial charge is 0.496 e. The molecule has 0 spiro atoms. The van der Waals surface area contributed by atoms with E-state index in [0.29, 0.717) is 6.42 Å². The Morgan fingerprint density at radius 2 is 1.92 bits per heavy atom. The summed E-state index contributed by atoms with van der Waals surface area (Å²) in [6, 6.07) is 5.69. The Kier molecular flexibility index (Phi) is 12.2. The van der Waals surface area contributed by atoms with Gasteiger partial charge in [-0.1, -0.05) is 11.6 Å². The lowest BCUT2D eigenvalue weighted by molar-refractivity contribution is -0.133. The topological polar surface area (TPSA) is 44.8 Å². The van der Waals surface area contributed by atoms with E-state index in [2.05, 4.69) is 10.2 Å². The van der Waals surface area contributed by atoms with Crippen molar-refractivity contribution in [2.45, 2.75) is 19.4 Å². The monoisotopic (exact) mass is 411 g/mol. The van der Waals surface area contributed by atoms with Crippen LogP contribution in [0.5, 0.6) is 5.75 Å². The number of nitrogens with one attached hydrogen (secondary N) is 1. The van der Waals surface area contributed by atoms with Crippen molar-refractivity contribution in [3.8, 4) is 5.75 Å². The third kappa shape index (κ3) is 7.59. The second kappa shape index (κ2) is 12.6. The van der Waals surface area contributed by atoms with E-state index in [1.54, 1.807) is 7.11 Å². The molecule has 1 aliphatic rings. The number of rotatable bonds is 7. The Labute approximate surface area is 167 Å². The molecule has 2 rings (SSSR count). The number of carbonyl (C=O) groups is 1. The zero-order valence-electron chi connectivity index (χ0n) is 14.8. The lowest BCUT2D eigenvalue weighted by atomic mass is 10.1. The Hall–Kier alpha value is -0.720. The molecule has 1 aromatic carbocycles. The molecule has 8 heteroatoms. The lowest BCUT2D eigenvalue weighted by Gasteiger charge is -2.35. The number of hydrogen-bond donors (Lipinski definition) is 1. The smallest absolute Gasteiger partial charge is 0.222 e. The summed E-state index contributed by atoms with van der Waals surface area (Å²) in [6.45, 7) is 5.04. The fourth-order valence-corrected chi connectivity index (χ4v) is 3.04. The van der Waals surface area contributed by atoms with Crippen LogP contribution in [-0.2, 0) is 11.3 Å². The van der Waals surface area contributed by atoms with Gasteiger partial charge >= 0.3 is 0 Å². The molecule has 0 saturated carbocycles. The SMILES string of the molecule is CNCCCC(=O)N1CCN(Cc2cc(Cl)ccc2OC)CC1.Cl.Cl. The Balaban J connectivity index is 0.00000288. The molecule has 1 heterocycles. The molecule has 1 fully saturated rings. The molecule has 1 saturated heterocycles. The zero-order valence-corrected chi connectivity index (χ0v) is 17.2. The standard InChI is InChI=1S/C17H26ClN3O2.2ClH/c1-19-7-3-4-17(22)21-10-8-20(9-11-21)13-14-12-15(18)5-6-16(14)23-2;;/h5-6,12,19H,3-4,7-11,13H2,1-2H3;2*1H. The van der Waals surface area contributed by atoms with Gasteiger partial charge in [0.25, 0.3) is 0 Å². The predicted octanol–water partition coefficient (Wildman–Crippen LogP) is 2.84. The van der Waals surface area contributed by atoms with Gasteiger partial charge in [-0.2, -0.15) is 0 Å². The van der Waals surface area contributed by atoms with Crippen LogP contribution in [0.25, 0.3) is 0 Å². The van der Waals surface area contributed by atoms with E-state index in [1.165, 1.54) is 0 Å². The summed E-state index contributed by atoms with van der Waals surface area (Å²) < 4.78 is 5.40. The number of methoxy groups -OCH3 is 1. The number of ether oxygens (including phenoxy) is 1. The van der Waals surface area contributed by atoms with E-state index in [9.17, 15) is 4.79 Å². The lowest BCUT2D eigenvalue weighted by Crippen LogP contribution is -2.48. The molecule has 0 atom stereocenters. The van der Waals surface area contributed by atoms with Gasteiger partial charge in [-0.15, -0.1) is 24.8 Å². The second-order valence-corrected chi connectivity index (χ2v) is 6.26. The van der Waals surface area contributed by atoms with Crippen LogP contribution < -0.4 is 10.1 Å². The molecule has 1 aromatic rings. The maximum Gasteiger partial charge on any atom is 0.222 e. The first kappa shape index (κ1) is 24.3. The minimum absolute atomic E-state index is 0. The van der Waals surface area contributed by atoms with Crippen molar-refractivity contribution in [3.63, 3.8) is 0 Å². The average Bonchev–Trinajstić information content (AvgIpc) is 2.56. The molecule has 0 unspecified atom stereocenters. The Bertz CT molecular complexity index is 524. The highest BCUT2D eigenvalue weighted by Gasteiger charge is 2.21. The van der Waals surface area contributed by atoms with Crippen molar-refractivity contribution in [1.82, 2.24) is 15.1 Å². The summed E-state index contributed by atoms with van der Waals surface area (Å²) in [5, 5.41) is 3.80. The van der Waals surface area contributed by atoms with E-state index < -0.39 is 0 Å². The number of hydrogen-bond acceptors (Lipinski definition) is 4. The van der Waals surface area contributed by atoms with Gasteiger partial charge in [0.1, 0.15) is 5.75 Å². The number of amides is 1. The van der Waals surface area contributed by atoms with Gasteiger partial charge in [-0.3, -0.25) is 9.69 Å². The molecule has 1 N–H and O–H groups in total. The third-order valence-corrected chi connectivity index (χ3v) is 4.41. The van der Waals surface area contributed by atoms with Gasteiger partial charge in [0, 0.05) is 49.7 Å². The molecule has 0 aromatic heterocycles. The van der Waals surface area contributed by atoms with Crippen LogP contribution in [0.4, 0.5) is 0 Å². The van der Waals surface area contributed by atoms with E-state index >= 15 is 0 Å². The highest BCUT2D eigenvalue weighted by atomic mass is 35.5. The predicted molar refractivity (Wildman–Crippen MR) is 108 cm³/mol. The number of carbonyl (C=O) groups excluding carboxylic acids is 1. The van der Waals surface area contributed by atoms with Crippen LogP contribution in [0, 0.1) is 0 Å². The van der Waals surface area contributed by atoms with Crippen molar-refractivity contribution >= 4 is 42.3 Å². The van der Waals surface area contributed by atoms with Crippen molar-refractivity contribution in [1.29, 1.82) is 0 Å². The van der Waals surface area contributed by atoms with Gasteiger partial charge in [-0.25, -0.2) is 0 Å². The average molecular weight is 413 g/mol. The van der Waals surface area contributed by atoms with Crippen LogP contribution in [0.15, 0.2) is 18.2 Å². The third-order valence-electron chi connectivity index (χ3n) is 4.18. The van der Waals surface area contributed by atoms with Gasteiger partial charge < -0.3 is 15.0 Å². The molecule has 25 heavy (non-hydrogen) atoms. The molecular weight excluding hydrogens is 385 g/mol. The molecule has 5 nitrogen and oxygen atoms in total. The van der Waals surface area contributed by atoms with Crippen molar-refractivity contribution < 1.29 is 9.53 Å². The molecule has 0 radical (unpaired) electrons. The van der Waals surface area contributed by atoms with Crippen LogP contribution in [0.3, 0.4) is 0 Å². The Morgan fingerprint density at radius 3 is 2.52 bits per heavy atom. The number of benzene rings is 1. The highest BCUT2D eigenvalue weighted by Crippen LogP contribution is 2.24. The second-order valence-electron chi connectivity index (χ2n) is 5.82. The van der Waals surface area contributed by atoms with E-state index in [1.807, 2.05) is 30.1 Å². The molecule has 1 amide bonds. The summed E-state index contributed by atoms with van der Waals surface area (Å²) in [7, 11) is 3.59. The van der Waals surface area contributed by atoms with Gasteiger partial charge in [0.2, 0.25) is 5.91 Å². The first-order valence-corrected chi connectivity index (χ1v) is 8.49. The first-order chi connectivity index (χ1) is 11.1. The van der Waals surface area contributed by atoms with E-state index in [0.717, 1.165) is 62.0 Å². The molecular formula is C17H28Cl3N3O2. The summed E-state index contributed by atoms with van der Waals surface area (Å²) >= 11 is 6.08. The molecule has 0 aliphatic carbocycles. The minimum atomic E-state index is 0. The zero-order chi connectivity index (χ0) is 16.7. The van der Waals surface area contributed by atoms with Crippen molar-refractivity contribution in [2.24, 2.45) is 0 Å². The highest BCUT2D eigenvalue weighted by molar-refractivity contribution is 6.30. The maximum atomic E-state index is 12.1. The first-order valence-electron chi connectivity index (χ1n) is 8.11. The molecule has 0 bridgehead atoms. The normalized spacial score (nSPS) is 14.4. The minimum Gasteiger partial charge on any atom is -0.496 e. The quantitative estimate of drug-likeness (QED) is 0.700. The number of piperazine rings is 1. The fourth-order valence-electron chi connectivity index (χ4n) is 2.84. The van der Waals surface area contributed by atoms with E-state index in [-0.39, 0.29) is 30.7 Å². The van der Waals surface area contributed by atoms with Gasteiger partial charge in [-0.05, 0) is 38.2 Å². The van der Waals surface area contributed by atoms with Crippen LogP contribution in [0.1, 0.15) is 18.4 Å². The van der Waals surface area contributed by atoms with Crippen LogP contribution in [0.2, 0.25) is 5.02 Å². The summed E-state index contributed by atoms with van der Waals surface area (Å²) in [5.74, 6) is 1.13. The molecule has 144 valence electrons. The van der Waals surface area contributed by atoms with E-state index in [4.69, 9.17) is 16.3 Å². The number of nitrogens with zero attached hydrogens (tertiary/aromatic N) is 2. The number of halogens is 3. The van der Waals surface area contributed by atoms with Crippen LogP contribution in [-0.4, -0.2) is 62.6 Å². The molecule has 1 aliphatic heterocycles. The van der Waals surface area contributed by atoms with Gasteiger partial charge in [0.05, 0.1) is 7.11 Å². The van der Waals surface area contributed by atoms with Gasteiger partial charge in [0.15, 0.2) is 0 Å². The maximum absolute atomic E-state index is 12.1. The Morgan fingerprint density at radius 1 is 1.24 bits per heavy atom. The summed E-state index contributed by atoms with van der Waals surface area (Å²) in [6.07, 6.45) is 1.53. The van der Waals surface area contributed by atoms with Crippen LogP contribution >= 0.6 is 36.4 Å². The summed E-state index contributed by atoms with van der Waals surface area (Å²) in [4.78, 5) is 16.4. The van der Waals surface area contributed by atoms with Crippen molar-refractivity contribution in [2.75, 3.05) is 46.9 Å². The fraction of sp³-hybridized carbons (Fsp3) is 0.588.